The molecule has 0 aromatic carbocycles. The van der Waals surface area contributed by atoms with Gasteiger partial charge in [-0.05, 0) is 5.92 Å². The van der Waals surface area contributed by atoms with Gasteiger partial charge in [-0.2, -0.15) is 0 Å². The Kier molecular flexibility index (Phi) is 10.1. The van der Waals surface area contributed by atoms with E-state index in [2.05, 4.69) is 20.8 Å². The molecule has 0 amide bonds. The Bertz CT molecular complexity index is 86.0. The Morgan fingerprint density at radius 1 is 0.769 bits per heavy atom. The van der Waals surface area contributed by atoms with E-state index in [0.717, 1.165) is 5.92 Å². The van der Waals surface area contributed by atoms with Crippen LogP contribution in [0.25, 0.3) is 0 Å². The summed E-state index contributed by atoms with van der Waals surface area (Å²) >= 11 is 0. The van der Waals surface area contributed by atoms with Crippen LogP contribution < -0.4 is 0 Å². The van der Waals surface area contributed by atoms with Crippen molar-refractivity contribution in [2.75, 3.05) is 0 Å². The number of hydrogen-bond acceptors (Lipinski definition) is 0. The summed E-state index contributed by atoms with van der Waals surface area (Å²) in [5.74, 6) is 0.724. The summed E-state index contributed by atoms with van der Waals surface area (Å²) < 4.78 is 0. The molecule has 0 nitrogen and oxygen atoms in total. The molecule has 1 atom stereocenters. The van der Waals surface area contributed by atoms with Gasteiger partial charge in [-0.1, -0.05) is 78.6 Å². The molecular weight excluding hydrogens is 156 g/mol. The smallest absolute Gasteiger partial charge is 0.0414 e. The van der Waals surface area contributed by atoms with Gasteiger partial charge in [-0.15, -0.1) is 0 Å². The lowest BCUT2D eigenvalue weighted by Gasteiger charge is -2.09. The van der Waals surface area contributed by atoms with E-state index in [4.69, 9.17) is 0 Å². The molecule has 0 saturated carbocycles. The summed E-state index contributed by atoms with van der Waals surface area (Å²) in [6.45, 7) is 8.72. The van der Waals surface area contributed by atoms with E-state index in [9.17, 15) is 0 Å². The molecule has 0 aliphatic rings. The van der Waals surface area contributed by atoms with E-state index in [-0.39, 0.29) is 0 Å². The van der Waals surface area contributed by atoms with Gasteiger partial charge in [-0.3, -0.25) is 0 Å². The Hall–Kier alpha value is 0. The zero-order valence-electron chi connectivity index (χ0n) is 9.65. The van der Waals surface area contributed by atoms with Gasteiger partial charge in [0.15, 0.2) is 0 Å². The molecule has 0 bridgehead atoms. The molecule has 0 heterocycles. The normalized spacial score (nSPS) is 13.2. The number of rotatable bonds is 9. The minimum absolute atomic E-state index is 0.724. The molecule has 0 aliphatic carbocycles. The third-order valence-electron chi connectivity index (χ3n) is 2.68. The Morgan fingerprint density at radius 2 is 1.31 bits per heavy atom. The standard InChI is InChI=1S/C13H27/c1-4-6-8-9-10-12-13(3)11-7-5-2/h13H,3-12H2,1-2H3. The molecule has 0 aromatic rings. The fourth-order valence-corrected chi connectivity index (χ4v) is 1.67. The fourth-order valence-electron chi connectivity index (χ4n) is 1.67. The molecule has 13 heavy (non-hydrogen) atoms. The highest BCUT2D eigenvalue weighted by atomic mass is 14.1. The van der Waals surface area contributed by atoms with Crippen LogP contribution in [0.2, 0.25) is 0 Å². The first-order chi connectivity index (χ1) is 6.31. The molecule has 1 unspecified atom stereocenters. The molecule has 0 rings (SSSR count). The maximum atomic E-state index is 4.19. The highest BCUT2D eigenvalue weighted by Crippen LogP contribution is 2.16. The lowest BCUT2D eigenvalue weighted by molar-refractivity contribution is 0.478. The first-order valence-corrected chi connectivity index (χ1v) is 6.14. The van der Waals surface area contributed by atoms with Crippen LogP contribution in [0.1, 0.15) is 71.6 Å². The molecule has 0 aliphatic heterocycles. The van der Waals surface area contributed by atoms with Gasteiger partial charge in [0, 0.05) is 0 Å². The van der Waals surface area contributed by atoms with Crippen molar-refractivity contribution in [3.8, 4) is 0 Å². The van der Waals surface area contributed by atoms with Crippen molar-refractivity contribution < 1.29 is 0 Å². The van der Waals surface area contributed by atoms with Crippen molar-refractivity contribution in [2.24, 2.45) is 5.92 Å². The molecule has 0 spiro atoms. The van der Waals surface area contributed by atoms with Gasteiger partial charge in [0.05, 0.1) is 0 Å². The SMILES string of the molecule is [CH2]C(CCCC)CCCCCCC. The third kappa shape index (κ3) is 9.92. The second-order valence-corrected chi connectivity index (χ2v) is 4.21. The van der Waals surface area contributed by atoms with E-state index in [0.29, 0.717) is 0 Å². The van der Waals surface area contributed by atoms with Gasteiger partial charge >= 0.3 is 0 Å². The molecular formula is C13H27. The molecule has 0 heteroatoms. The minimum atomic E-state index is 0.724. The van der Waals surface area contributed by atoms with Crippen LogP contribution in [0.15, 0.2) is 0 Å². The number of hydrogen-bond donors (Lipinski definition) is 0. The van der Waals surface area contributed by atoms with Crippen molar-refractivity contribution in [1.29, 1.82) is 0 Å². The summed E-state index contributed by atoms with van der Waals surface area (Å²) in [6, 6.07) is 0. The monoisotopic (exact) mass is 183 g/mol. The second-order valence-electron chi connectivity index (χ2n) is 4.21. The van der Waals surface area contributed by atoms with Crippen LogP contribution in [0.5, 0.6) is 0 Å². The zero-order chi connectivity index (χ0) is 9.94. The van der Waals surface area contributed by atoms with E-state index in [1.807, 2.05) is 0 Å². The summed E-state index contributed by atoms with van der Waals surface area (Å²) in [4.78, 5) is 0. The first-order valence-electron chi connectivity index (χ1n) is 6.14. The van der Waals surface area contributed by atoms with E-state index in [1.165, 1.54) is 57.8 Å². The fraction of sp³-hybridized carbons (Fsp3) is 0.923. The van der Waals surface area contributed by atoms with E-state index in [1.54, 1.807) is 0 Å². The predicted octanol–water partition coefficient (Wildman–Crippen LogP) is 4.99. The van der Waals surface area contributed by atoms with Crippen molar-refractivity contribution >= 4 is 0 Å². The Balaban J connectivity index is 3.03. The molecule has 79 valence electrons. The lowest BCUT2D eigenvalue weighted by atomic mass is 9.97. The number of unbranched alkanes of at least 4 members (excludes halogenated alkanes) is 5. The zero-order valence-corrected chi connectivity index (χ0v) is 9.65. The summed E-state index contributed by atoms with van der Waals surface area (Å²) in [7, 11) is 0. The van der Waals surface area contributed by atoms with Crippen LogP contribution in [0.4, 0.5) is 0 Å². The van der Waals surface area contributed by atoms with Crippen LogP contribution in [-0.4, -0.2) is 0 Å². The maximum Gasteiger partial charge on any atom is -0.0414 e. The summed E-state index contributed by atoms with van der Waals surface area (Å²) in [5, 5.41) is 0. The van der Waals surface area contributed by atoms with Crippen molar-refractivity contribution in [3.05, 3.63) is 6.92 Å². The van der Waals surface area contributed by atoms with E-state index >= 15 is 0 Å². The topological polar surface area (TPSA) is 0 Å². The van der Waals surface area contributed by atoms with Gasteiger partial charge in [-0.25, -0.2) is 0 Å². The van der Waals surface area contributed by atoms with Gasteiger partial charge in [0.2, 0.25) is 0 Å². The van der Waals surface area contributed by atoms with Crippen LogP contribution in [-0.2, 0) is 0 Å². The lowest BCUT2D eigenvalue weighted by Crippen LogP contribution is -1.94. The highest BCUT2D eigenvalue weighted by molar-refractivity contribution is 4.61. The minimum Gasteiger partial charge on any atom is -0.0654 e. The molecule has 0 saturated heterocycles. The van der Waals surface area contributed by atoms with Crippen molar-refractivity contribution in [3.63, 3.8) is 0 Å². The molecule has 0 fully saturated rings. The largest absolute Gasteiger partial charge is 0.0654 e. The summed E-state index contributed by atoms with van der Waals surface area (Å²) in [6.07, 6.45) is 12.4. The molecule has 1 radical (unpaired) electrons. The highest BCUT2D eigenvalue weighted by Gasteiger charge is 2.00. The maximum absolute atomic E-state index is 4.19. The van der Waals surface area contributed by atoms with Crippen molar-refractivity contribution in [2.45, 2.75) is 71.6 Å². The second kappa shape index (κ2) is 10.1. The van der Waals surface area contributed by atoms with Crippen LogP contribution >= 0.6 is 0 Å². The van der Waals surface area contributed by atoms with Crippen molar-refractivity contribution in [1.82, 2.24) is 0 Å². The van der Waals surface area contributed by atoms with Crippen LogP contribution in [0, 0.1) is 12.8 Å². The molecule has 0 N–H and O–H groups in total. The molecule has 0 aromatic heterocycles. The average molecular weight is 183 g/mol. The summed E-state index contributed by atoms with van der Waals surface area (Å²) in [5.41, 5.74) is 0. The third-order valence-corrected chi connectivity index (χ3v) is 2.68. The predicted molar refractivity (Wildman–Crippen MR) is 61.7 cm³/mol. The van der Waals surface area contributed by atoms with Gasteiger partial charge in [0.1, 0.15) is 0 Å². The quantitative estimate of drug-likeness (QED) is 0.442. The first kappa shape index (κ1) is 13.0. The van der Waals surface area contributed by atoms with Gasteiger partial charge < -0.3 is 0 Å². The average Bonchev–Trinajstić information content (AvgIpc) is 2.14. The van der Waals surface area contributed by atoms with E-state index < -0.39 is 0 Å². The van der Waals surface area contributed by atoms with Gasteiger partial charge in [0.25, 0.3) is 0 Å². The van der Waals surface area contributed by atoms with Crippen LogP contribution in [0.3, 0.4) is 0 Å². The Labute approximate surface area is 85.1 Å². The Morgan fingerprint density at radius 3 is 1.92 bits per heavy atom.